The van der Waals surface area contributed by atoms with Crippen molar-refractivity contribution in [3.63, 3.8) is 0 Å². The van der Waals surface area contributed by atoms with Crippen LogP contribution in [-0.4, -0.2) is 24.7 Å². The van der Waals surface area contributed by atoms with E-state index in [9.17, 15) is 4.39 Å². The monoisotopic (exact) mass is 240 g/mol. The molecule has 96 valence electrons. The minimum absolute atomic E-state index is 0.0740. The number of hydrogen-bond acceptors (Lipinski definition) is 3. The largest absolute Gasteiger partial charge is 0.383 e. The third-order valence-electron chi connectivity index (χ3n) is 2.72. The summed E-state index contributed by atoms with van der Waals surface area (Å²) in [7, 11) is 1.69. The van der Waals surface area contributed by atoms with Crippen LogP contribution >= 0.6 is 0 Å². The fraction of sp³-hybridized carbons (Fsp3) is 0.615. The van der Waals surface area contributed by atoms with Crippen LogP contribution in [-0.2, 0) is 4.74 Å². The molecule has 2 unspecified atom stereocenters. The van der Waals surface area contributed by atoms with E-state index in [0.29, 0.717) is 12.6 Å². The Labute approximate surface area is 102 Å². The third-order valence-corrected chi connectivity index (χ3v) is 2.72. The normalized spacial score (nSPS) is 14.6. The van der Waals surface area contributed by atoms with Crippen LogP contribution in [0.2, 0.25) is 0 Å². The fourth-order valence-corrected chi connectivity index (χ4v) is 1.88. The molecule has 1 N–H and O–H groups in total. The van der Waals surface area contributed by atoms with Gasteiger partial charge in [-0.15, -0.1) is 0 Å². The van der Waals surface area contributed by atoms with Gasteiger partial charge in [0.1, 0.15) is 5.82 Å². The molecule has 0 aliphatic carbocycles. The molecule has 1 aromatic rings. The SMILES string of the molecule is CCCC(COC)NC(C)c1cncc(F)c1. The molecule has 0 saturated heterocycles. The molecule has 17 heavy (non-hydrogen) atoms. The van der Waals surface area contributed by atoms with Gasteiger partial charge in [-0.05, 0) is 25.0 Å². The van der Waals surface area contributed by atoms with E-state index in [1.165, 1.54) is 12.3 Å². The lowest BCUT2D eigenvalue weighted by Crippen LogP contribution is -2.35. The number of ether oxygens (including phenoxy) is 1. The summed E-state index contributed by atoms with van der Waals surface area (Å²) in [6, 6.07) is 1.88. The lowest BCUT2D eigenvalue weighted by atomic mass is 10.1. The Bertz CT molecular complexity index is 327. The second-order valence-corrected chi connectivity index (χ2v) is 4.27. The zero-order valence-electron chi connectivity index (χ0n) is 10.7. The highest BCUT2D eigenvalue weighted by Gasteiger charge is 2.13. The Morgan fingerprint density at radius 3 is 2.82 bits per heavy atom. The van der Waals surface area contributed by atoms with Crippen LogP contribution in [0, 0.1) is 5.82 Å². The van der Waals surface area contributed by atoms with Gasteiger partial charge in [-0.1, -0.05) is 13.3 Å². The summed E-state index contributed by atoms with van der Waals surface area (Å²) < 4.78 is 18.2. The molecule has 0 fully saturated rings. The Hall–Kier alpha value is -1.00. The number of nitrogens with zero attached hydrogens (tertiary/aromatic N) is 1. The Morgan fingerprint density at radius 1 is 1.47 bits per heavy atom. The van der Waals surface area contributed by atoms with Crippen LogP contribution in [0.3, 0.4) is 0 Å². The van der Waals surface area contributed by atoms with Gasteiger partial charge in [-0.3, -0.25) is 4.98 Å². The van der Waals surface area contributed by atoms with Gasteiger partial charge in [-0.25, -0.2) is 4.39 Å². The summed E-state index contributed by atoms with van der Waals surface area (Å²) in [6.07, 6.45) is 5.04. The van der Waals surface area contributed by atoms with Crippen LogP contribution in [0.5, 0.6) is 0 Å². The molecular weight excluding hydrogens is 219 g/mol. The standard InChI is InChI=1S/C13H21FN2O/c1-4-5-13(9-17-3)16-10(2)11-6-12(14)8-15-7-11/h6-8,10,13,16H,4-5,9H2,1-3H3. The summed E-state index contributed by atoms with van der Waals surface area (Å²) in [5, 5.41) is 3.43. The van der Waals surface area contributed by atoms with E-state index < -0.39 is 0 Å². The van der Waals surface area contributed by atoms with Crippen molar-refractivity contribution in [1.29, 1.82) is 0 Å². The zero-order valence-corrected chi connectivity index (χ0v) is 10.7. The Morgan fingerprint density at radius 2 is 2.24 bits per heavy atom. The smallest absolute Gasteiger partial charge is 0.141 e. The van der Waals surface area contributed by atoms with Gasteiger partial charge < -0.3 is 10.1 Å². The first kappa shape index (κ1) is 14.1. The first-order valence-electron chi connectivity index (χ1n) is 6.02. The van der Waals surface area contributed by atoms with E-state index in [4.69, 9.17) is 4.74 Å². The van der Waals surface area contributed by atoms with E-state index in [1.54, 1.807) is 13.3 Å². The average molecular weight is 240 g/mol. The number of rotatable bonds is 7. The van der Waals surface area contributed by atoms with Crippen molar-refractivity contribution in [3.8, 4) is 0 Å². The Kier molecular flexibility index (Phi) is 6.08. The second kappa shape index (κ2) is 7.35. The molecule has 0 spiro atoms. The van der Waals surface area contributed by atoms with Crippen molar-refractivity contribution in [2.75, 3.05) is 13.7 Å². The first-order chi connectivity index (χ1) is 8.17. The van der Waals surface area contributed by atoms with E-state index in [1.807, 2.05) is 6.92 Å². The molecule has 0 amide bonds. The van der Waals surface area contributed by atoms with Crippen LogP contribution in [0.25, 0.3) is 0 Å². The van der Waals surface area contributed by atoms with Gasteiger partial charge in [0.2, 0.25) is 0 Å². The van der Waals surface area contributed by atoms with Crippen molar-refractivity contribution in [3.05, 3.63) is 29.8 Å². The van der Waals surface area contributed by atoms with E-state index in [2.05, 4.69) is 17.2 Å². The summed E-state index contributed by atoms with van der Waals surface area (Å²) in [5.74, 6) is -0.296. The highest BCUT2D eigenvalue weighted by atomic mass is 19.1. The van der Waals surface area contributed by atoms with Gasteiger partial charge in [0.05, 0.1) is 12.8 Å². The number of hydrogen-bond donors (Lipinski definition) is 1. The molecule has 0 saturated carbocycles. The van der Waals surface area contributed by atoms with Crippen LogP contribution < -0.4 is 5.32 Å². The van der Waals surface area contributed by atoms with E-state index >= 15 is 0 Å². The topological polar surface area (TPSA) is 34.1 Å². The van der Waals surface area contributed by atoms with Crippen LogP contribution in [0.4, 0.5) is 4.39 Å². The van der Waals surface area contributed by atoms with Crippen molar-refractivity contribution in [2.45, 2.75) is 38.8 Å². The predicted molar refractivity (Wildman–Crippen MR) is 66.3 cm³/mol. The summed E-state index contributed by atoms with van der Waals surface area (Å²) in [6.45, 7) is 4.81. The maximum absolute atomic E-state index is 13.0. The number of methoxy groups -OCH3 is 1. The number of nitrogens with one attached hydrogen (secondary N) is 1. The third kappa shape index (κ3) is 4.79. The molecule has 0 aliphatic rings. The molecule has 1 aromatic heterocycles. The number of aromatic nitrogens is 1. The van der Waals surface area contributed by atoms with E-state index in [-0.39, 0.29) is 11.9 Å². The minimum Gasteiger partial charge on any atom is -0.383 e. The van der Waals surface area contributed by atoms with Gasteiger partial charge in [-0.2, -0.15) is 0 Å². The molecule has 4 heteroatoms. The van der Waals surface area contributed by atoms with Crippen molar-refractivity contribution in [1.82, 2.24) is 10.3 Å². The molecule has 1 heterocycles. The molecule has 2 atom stereocenters. The highest BCUT2D eigenvalue weighted by molar-refractivity contribution is 5.14. The van der Waals surface area contributed by atoms with Gasteiger partial charge in [0.25, 0.3) is 0 Å². The van der Waals surface area contributed by atoms with Crippen LogP contribution in [0.15, 0.2) is 18.5 Å². The molecule has 0 aromatic carbocycles. The quantitative estimate of drug-likeness (QED) is 0.795. The lowest BCUT2D eigenvalue weighted by molar-refractivity contribution is 0.157. The first-order valence-corrected chi connectivity index (χ1v) is 6.02. The van der Waals surface area contributed by atoms with Crippen molar-refractivity contribution >= 4 is 0 Å². The van der Waals surface area contributed by atoms with Gasteiger partial charge in [0.15, 0.2) is 0 Å². The van der Waals surface area contributed by atoms with Gasteiger partial charge >= 0.3 is 0 Å². The lowest BCUT2D eigenvalue weighted by Gasteiger charge is -2.22. The summed E-state index contributed by atoms with van der Waals surface area (Å²) >= 11 is 0. The molecule has 0 aliphatic heterocycles. The minimum atomic E-state index is -0.296. The predicted octanol–water partition coefficient (Wildman–Crippen LogP) is 2.69. The van der Waals surface area contributed by atoms with Gasteiger partial charge in [0, 0.05) is 25.4 Å². The Balaban J connectivity index is 2.59. The van der Waals surface area contributed by atoms with E-state index in [0.717, 1.165) is 18.4 Å². The maximum Gasteiger partial charge on any atom is 0.141 e. The zero-order chi connectivity index (χ0) is 12.7. The summed E-state index contributed by atoms with van der Waals surface area (Å²) in [5.41, 5.74) is 0.863. The molecule has 0 radical (unpaired) electrons. The number of halogens is 1. The average Bonchev–Trinajstić information content (AvgIpc) is 2.29. The summed E-state index contributed by atoms with van der Waals surface area (Å²) in [4.78, 5) is 3.86. The van der Waals surface area contributed by atoms with Crippen molar-refractivity contribution in [2.24, 2.45) is 0 Å². The highest BCUT2D eigenvalue weighted by Crippen LogP contribution is 2.14. The molecule has 3 nitrogen and oxygen atoms in total. The second-order valence-electron chi connectivity index (χ2n) is 4.27. The molecular formula is C13H21FN2O. The maximum atomic E-state index is 13.0. The fourth-order valence-electron chi connectivity index (χ4n) is 1.88. The van der Waals surface area contributed by atoms with Crippen LogP contribution in [0.1, 0.15) is 38.3 Å². The molecule has 1 rings (SSSR count). The van der Waals surface area contributed by atoms with Crippen molar-refractivity contribution < 1.29 is 9.13 Å². The molecule has 0 bridgehead atoms. The number of pyridine rings is 1.